The van der Waals surface area contributed by atoms with Crippen LogP contribution < -0.4 is 10.6 Å². The van der Waals surface area contributed by atoms with Crippen molar-refractivity contribution in [2.45, 2.75) is 6.92 Å². The molecule has 0 unspecified atom stereocenters. The van der Waals surface area contributed by atoms with E-state index in [0.29, 0.717) is 21.8 Å². The predicted molar refractivity (Wildman–Crippen MR) is 84.8 cm³/mol. The van der Waals surface area contributed by atoms with E-state index in [1.54, 1.807) is 42.5 Å². The highest BCUT2D eigenvalue weighted by Gasteiger charge is 2.00. The fraction of sp³-hybridized carbons (Fsp3) is 0.0667. The zero-order valence-electron chi connectivity index (χ0n) is 11.2. The summed E-state index contributed by atoms with van der Waals surface area (Å²) >= 11 is 3.19. The molecule has 0 fully saturated rings. The molecule has 0 aliphatic rings. The lowest BCUT2D eigenvalue weighted by Crippen LogP contribution is -2.08. The molecule has 0 radical (unpaired) electrons. The van der Waals surface area contributed by atoms with E-state index in [4.69, 9.17) is 4.42 Å². The van der Waals surface area contributed by atoms with Gasteiger partial charge in [-0.1, -0.05) is 0 Å². The van der Waals surface area contributed by atoms with E-state index in [1.807, 2.05) is 0 Å². The fourth-order valence-electron chi connectivity index (χ4n) is 1.60. The lowest BCUT2D eigenvalue weighted by atomic mass is 10.2. The van der Waals surface area contributed by atoms with Crippen molar-refractivity contribution in [2.75, 3.05) is 10.6 Å². The Hall–Kier alpha value is -2.34. The molecule has 1 aromatic carbocycles. The second-order valence-corrected chi connectivity index (χ2v) is 5.00. The summed E-state index contributed by atoms with van der Waals surface area (Å²) in [5.41, 5.74) is 1.32. The Morgan fingerprint density at radius 1 is 1.05 bits per heavy atom. The van der Waals surface area contributed by atoms with Crippen LogP contribution in [0.2, 0.25) is 0 Å². The average molecular weight is 349 g/mol. The number of amides is 2. The van der Waals surface area contributed by atoms with E-state index in [1.165, 1.54) is 13.0 Å². The summed E-state index contributed by atoms with van der Waals surface area (Å²) in [6, 6.07) is 10.3. The molecule has 0 saturated heterocycles. The third-order valence-corrected chi connectivity index (χ3v) is 2.89. The van der Waals surface area contributed by atoms with Crippen molar-refractivity contribution in [3.8, 4) is 0 Å². The van der Waals surface area contributed by atoms with Crippen LogP contribution in [0.3, 0.4) is 0 Å². The molecular weight excluding hydrogens is 336 g/mol. The number of benzene rings is 1. The van der Waals surface area contributed by atoms with E-state index in [9.17, 15) is 9.59 Å². The maximum absolute atomic E-state index is 11.7. The van der Waals surface area contributed by atoms with Crippen molar-refractivity contribution in [2.24, 2.45) is 0 Å². The van der Waals surface area contributed by atoms with Crippen LogP contribution in [-0.2, 0) is 9.59 Å². The third kappa shape index (κ3) is 4.92. The summed E-state index contributed by atoms with van der Waals surface area (Å²) < 4.78 is 5.85. The molecule has 108 valence electrons. The molecule has 0 aliphatic carbocycles. The van der Waals surface area contributed by atoms with Crippen LogP contribution in [0.5, 0.6) is 0 Å². The van der Waals surface area contributed by atoms with Crippen LogP contribution in [0.15, 0.2) is 51.6 Å². The van der Waals surface area contributed by atoms with E-state index < -0.39 is 0 Å². The number of carbonyl (C=O) groups excluding carboxylic acids is 2. The van der Waals surface area contributed by atoms with Gasteiger partial charge in [-0.3, -0.25) is 9.59 Å². The number of carbonyl (C=O) groups is 2. The molecule has 0 saturated carbocycles. The molecule has 0 spiro atoms. The number of furan rings is 1. The standard InChI is InChI=1S/C15H13BrN2O3/c1-10(19)17-11-2-4-12(5-3-11)18-15(20)9-7-13-6-8-14(16)21-13/h2-9H,1H3,(H,17,19)(H,18,20)/b9-7+. The number of hydrogen-bond donors (Lipinski definition) is 2. The minimum Gasteiger partial charge on any atom is -0.450 e. The van der Waals surface area contributed by atoms with Gasteiger partial charge in [-0.05, 0) is 58.4 Å². The van der Waals surface area contributed by atoms with Crippen LogP contribution >= 0.6 is 15.9 Å². The highest BCUT2D eigenvalue weighted by atomic mass is 79.9. The van der Waals surface area contributed by atoms with Crippen molar-refractivity contribution in [1.29, 1.82) is 0 Å². The average Bonchev–Trinajstić information content (AvgIpc) is 2.84. The Morgan fingerprint density at radius 2 is 1.67 bits per heavy atom. The molecule has 1 heterocycles. The largest absolute Gasteiger partial charge is 0.450 e. The molecule has 2 amide bonds. The second kappa shape index (κ2) is 6.90. The second-order valence-electron chi connectivity index (χ2n) is 4.22. The monoisotopic (exact) mass is 348 g/mol. The van der Waals surface area contributed by atoms with E-state index in [0.717, 1.165) is 0 Å². The molecule has 0 aliphatic heterocycles. The van der Waals surface area contributed by atoms with Crippen molar-refractivity contribution >= 4 is 45.2 Å². The van der Waals surface area contributed by atoms with Crippen LogP contribution in [0.4, 0.5) is 11.4 Å². The normalized spacial score (nSPS) is 10.6. The van der Waals surface area contributed by atoms with Crippen molar-refractivity contribution in [1.82, 2.24) is 0 Å². The molecule has 0 bridgehead atoms. The maximum atomic E-state index is 11.7. The van der Waals surface area contributed by atoms with Gasteiger partial charge in [0.1, 0.15) is 5.76 Å². The number of halogens is 1. The molecule has 6 heteroatoms. The number of hydrogen-bond acceptors (Lipinski definition) is 3. The van der Waals surface area contributed by atoms with Crippen LogP contribution in [0.25, 0.3) is 6.08 Å². The maximum Gasteiger partial charge on any atom is 0.248 e. The predicted octanol–water partition coefficient (Wildman–Crippen LogP) is 3.65. The van der Waals surface area contributed by atoms with Crippen LogP contribution in [0, 0.1) is 0 Å². The van der Waals surface area contributed by atoms with Gasteiger partial charge in [0.25, 0.3) is 0 Å². The summed E-state index contributed by atoms with van der Waals surface area (Å²) in [4.78, 5) is 22.6. The van der Waals surface area contributed by atoms with Crippen LogP contribution in [0.1, 0.15) is 12.7 Å². The smallest absolute Gasteiger partial charge is 0.248 e. The van der Waals surface area contributed by atoms with E-state index in [-0.39, 0.29) is 11.8 Å². The first-order valence-electron chi connectivity index (χ1n) is 6.15. The Kier molecular flexibility index (Phi) is 4.94. The van der Waals surface area contributed by atoms with Crippen LogP contribution in [-0.4, -0.2) is 11.8 Å². The molecule has 21 heavy (non-hydrogen) atoms. The van der Waals surface area contributed by atoms with Gasteiger partial charge in [0.05, 0.1) is 0 Å². The Balaban J connectivity index is 1.93. The quantitative estimate of drug-likeness (QED) is 0.828. The minimum atomic E-state index is -0.269. The minimum absolute atomic E-state index is 0.140. The summed E-state index contributed by atoms with van der Waals surface area (Å²) in [5, 5.41) is 5.36. The lowest BCUT2D eigenvalue weighted by molar-refractivity contribution is -0.114. The summed E-state index contributed by atoms with van der Waals surface area (Å²) in [6.45, 7) is 1.44. The van der Waals surface area contributed by atoms with Gasteiger partial charge in [-0.15, -0.1) is 0 Å². The number of nitrogens with one attached hydrogen (secondary N) is 2. The van der Waals surface area contributed by atoms with Gasteiger partial charge < -0.3 is 15.1 Å². The van der Waals surface area contributed by atoms with Gasteiger partial charge >= 0.3 is 0 Å². The first-order chi connectivity index (χ1) is 10.0. The van der Waals surface area contributed by atoms with Gasteiger partial charge in [0.15, 0.2) is 4.67 Å². The molecule has 0 atom stereocenters. The fourth-order valence-corrected chi connectivity index (χ4v) is 1.92. The molecule has 2 rings (SSSR count). The van der Waals surface area contributed by atoms with Gasteiger partial charge in [0.2, 0.25) is 11.8 Å². The number of rotatable bonds is 4. The highest BCUT2D eigenvalue weighted by Crippen LogP contribution is 2.16. The highest BCUT2D eigenvalue weighted by molar-refractivity contribution is 9.10. The topological polar surface area (TPSA) is 71.3 Å². The molecule has 1 aromatic heterocycles. The first-order valence-corrected chi connectivity index (χ1v) is 6.94. The van der Waals surface area contributed by atoms with Crippen molar-refractivity contribution < 1.29 is 14.0 Å². The molecule has 2 aromatic rings. The number of anilines is 2. The Bertz CT molecular complexity index is 674. The molecule has 2 N–H and O–H groups in total. The SMILES string of the molecule is CC(=O)Nc1ccc(NC(=O)/C=C/c2ccc(Br)o2)cc1. The van der Waals surface area contributed by atoms with Gasteiger partial charge in [-0.2, -0.15) is 0 Å². The molecule has 5 nitrogen and oxygen atoms in total. The van der Waals surface area contributed by atoms with E-state index in [2.05, 4.69) is 26.6 Å². The lowest BCUT2D eigenvalue weighted by Gasteiger charge is -2.04. The van der Waals surface area contributed by atoms with Crippen molar-refractivity contribution in [3.05, 3.63) is 52.9 Å². The first kappa shape index (κ1) is 15.1. The molecular formula is C15H13BrN2O3. The Morgan fingerprint density at radius 3 is 2.19 bits per heavy atom. The van der Waals surface area contributed by atoms with Gasteiger partial charge in [-0.25, -0.2) is 0 Å². The third-order valence-electron chi connectivity index (χ3n) is 2.47. The zero-order valence-corrected chi connectivity index (χ0v) is 12.8. The summed E-state index contributed by atoms with van der Waals surface area (Å²) in [7, 11) is 0. The zero-order chi connectivity index (χ0) is 15.2. The van der Waals surface area contributed by atoms with Crippen molar-refractivity contribution in [3.63, 3.8) is 0 Å². The summed E-state index contributed by atoms with van der Waals surface area (Å²) in [6.07, 6.45) is 2.96. The van der Waals surface area contributed by atoms with E-state index >= 15 is 0 Å². The summed E-state index contributed by atoms with van der Waals surface area (Å²) in [5.74, 6) is 0.173. The van der Waals surface area contributed by atoms with Gasteiger partial charge in [0, 0.05) is 24.4 Å². The Labute approximate surface area is 130 Å².